The standard InChI is InChI=1S/C26H33N5O2S/c1-16(2)23(32)31-10-8-30(9-11-31)21-13-18(34-29-25(3)6-7-25)12-20-19(21)4-5-22(27-20)28-24(33)26-14-17(26)15-26/h4-5,12-13,16-17,29H,6-11,14-15H2,1-3H3,(H,27,28,33). The quantitative estimate of drug-likeness (QED) is 0.584. The van der Waals surface area contributed by atoms with Crippen molar-refractivity contribution in [2.45, 2.75) is 56.9 Å². The van der Waals surface area contributed by atoms with Gasteiger partial charge in [-0.25, -0.2) is 4.98 Å². The summed E-state index contributed by atoms with van der Waals surface area (Å²) in [5, 5.41) is 4.14. The number of rotatable bonds is 7. The minimum atomic E-state index is -0.0732. The van der Waals surface area contributed by atoms with Crippen LogP contribution < -0.4 is 14.9 Å². The fourth-order valence-corrected chi connectivity index (χ4v) is 5.81. The van der Waals surface area contributed by atoms with Crippen LogP contribution in [0, 0.1) is 17.3 Å². The van der Waals surface area contributed by atoms with Crippen LogP contribution >= 0.6 is 11.9 Å². The minimum absolute atomic E-state index is 0.0286. The van der Waals surface area contributed by atoms with E-state index < -0.39 is 0 Å². The highest BCUT2D eigenvalue weighted by Gasteiger charge is 2.74. The summed E-state index contributed by atoms with van der Waals surface area (Å²) >= 11 is 1.66. The van der Waals surface area contributed by atoms with Gasteiger partial charge in [0, 0.05) is 53.6 Å². The molecular formula is C26H33N5O2S. The van der Waals surface area contributed by atoms with E-state index in [0.717, 1.165) is 60.5 Å². The van der Waals surface area contributed by atoms with Gasteiger partial charge in [-0.2, -0.15) is 0 Å². The first-order valence-electron chi connectivity index (χ1n) is 12.5. The van der Waals surface area contributed by atoms with Crippen LogP contribution in [0.15, 0.2) is 29.2 Å². The van der Waals surface area contributed by atoms with Gasteiger partial charge < -0.3 is 15.1 Å². The molecule has 1 saturated heterocycles. The molecule has 0 radical (unpaired) electrons. The number of nitrogens with one attached hydrogen (secondary N) is 2. The molecule has 2 amide bonds. The van der Waals surface area contributed by atoms with Gasteiger partial charge in [-0.05, 0) is 74.7 Å². The molecule has 2 N–H and O–H groups in total. The second-order valence-corrected chi connectivity index (χ2v) is 12.0. The second-order valence-electron chi connectivity index (χ2n) is 11.2. The van der Waals surface area contributed by atoms with Crippen LogP contribution in [0.2, 0.25) is 0 Å². The number of piperazine rings is 1. The highest BCUT2D eigenvalue weighted by molar-refractivity contribution is 7.97. The molecule has 1 aliphatic heterocycles. The monoisotopic (exact) mass is 479 g/mol. The summed E-state index contributed by atoms with van der Waals surface area (Å²) in [6, 6.07) is 8.36. The molecule has 3 aliphatic carbocycles. The Hall–Kier alpha value is -2.32. The zero-order valence-electron chi connectivity index (χ0n) is 20.2. The van der Waals surface area contributed by atoms with E-state index in [1.807, 2.05) is 24.8 Å². The Kier molecular flexibility index (Phi) is 5.12. The first-order chi connectivity index (χ1) is 16.3. The summed E-state index contributed by atoms with van der Waals surface area (Å²) in [4.78, 5) is 35.4. The summed E-state index contributed by atoms with van der Waals surface area (Å²) in [7, 11) is 0. The first kappa shape index (κ1) is 22.2. The summed E-state index contributed by atoms with van der Waals surface area (Å²) in [5.74, 6) is 1.63. The number of hydrogen-bond donors (Lipinski definition) is 2. The average molecular weight is 480 g/mol. The van der Waals surface area contributed by atoms with Gasteiger partial charge in [-0.1, -0.05) is 13.8 Å². The lowest BCUT2D eigenvalue weighted by atomic mass is 10.1. The number of carbonyl (C=O) groups is 2. The molecule has 4 aliphatic rings. The SMILES string of the molecule is CC(C)C(=O)N1CCN(c2cc(SNC3(C)CC3)cc3nc(NC(=O)C45CC4C5)ccc23)CC1. The maximum absolute atomic E-state index is 12.6. The lowest BCUT2D eigenvalue weighted by molar-refractivity contribution is -0.134. The van der Waals surface area contributed by atoms with E-state index in [1.165, 1.54) is 12.8 Å². The van der Waals surface area contributed by atoms with E-state index in [1.54, 1.807) is 11.9 Å². The van der Waals surface area contributed by atoms with Crippen molar-refractivity contribution in [3.05, 3.63) is 24.3 Å². The Morgan fingerprint density at radius 3 is 2.44 bits per heavy atom. The van der Waals surface area contributed by atoms with Crippen molar-refractivity contribution >= 4 is 46.2 Å². The van der Waals surface area contributed by atoms with Gasteiger partial charge in [0.2, 0.25) is 11.8 Å². The molecule has 2 aromatic rings. The fourth-order valence-electron chi connectivity index (χ4n) is 4.90. The molecule has 1 aromatic heterocycles. The number of benzene rings is 1. The number of anilines is 2. The summed E-state index contributed by atoms with van der Waals surface area (Å²) in [6.45, 7) is 9.24. The molecule has 34 heavy (non-hydrogen) atoms. The number of amides is 2. The minimum Gasteiger partial charge on any atom is -0.367 e. The lowest BCUT2D eigenvalue weighted by Gasteiger charge is -2.37. The highest BCUT2D eigenvalue weighted by Crippen LogP contribution is 2.75. The molecule has 6 rings (SSSR count). The maximum Gasteiger partial charge on any atom is 0.232 e. The first-order valence-corrected chi connectivity index (χ1v) is 13.3. The van der Waals surface area contributed by atoms with E-state index in [9.17, 15) is 9.59 Å². The van der Waals surface area contributed by atoms with Gasteiger partial charge >= 0.3 is 0 Å². The smallest absolute Gasteiger partial charge is 0.232 e. The molecule has 2 heterocycles. The van der Waals surface area contributed by atoms with Crippen molar-refractivity contribution in [3.63, 3.8) is 0 Å². The number of aromatic nitrogens is 1. The van der Waals surface area contributed by atoms with Crippen LogP contribution in [0.3, 0.4) is 0 Å². The van der Waals surface area contributed by atoms with Crippen LogP contribution in [0.25, 0.3) is 10.9 Å². The van der Waals surface area contributed by atoms with Crippen molar-refractivity contribution in [2.24, 2.45) is 17.3 Å². The molecular weight excluding hydrogens is 446 g/mol. The zero-order valence-corrected chi connectivity index (χ0v) is 21.0. The average Bonchev–Trinajstić information content (AvgIpc) is 3.73. The van der Waals surface area contributed by atoms with Crippen molar-refractivity contribution in [2.75, 3.05) is 36.4 Å². The van der Waals surface area contributed by atoms with Gasteiger partial charge in [0.15, 0.2) is 0 Å². The Labute approximate surface area is 205 Å². The van der Waals surface area contributed by atoms with Crippen LogP contribution in [0.4, 0.5) is 11.5 Å². The van der Waals surface area contributed by atoms with Gasteiger partial charge in [-0.3, -0.25) is 14.3 Å². The van der Waals surface area contributed by atoms with Crippen molar-refractivity contribution in [1.29, 1.82) is 0 Å². The summed E-state index contributed by atoms with van der Waals surface area (Å²) < 4.78 is 3.61. The molecule has 0 unspecified atom stereocenters. The van der Waals surface area contributed by atoms with Gasteiger partial charge in [0.05, 0.1) is 10.9 Å². The van der Waals surface area contributed by atoms with Crippen molar-refractivity contribution < 1.29 is 9.59 Å². The van der Waals surface area contributed by atoms with E-state index in [2.05, 4.69) is 40.1 Å². The summed E-state index contributed by atoms with van der Waals surface area (Å²) in [6.07, 6.45) is 4.47. The molecule has 0 spiro atoms. The van der Waals surface area contributed by atoms with Crippen LogP contribution in [0.1, 0.15) is 46.5 Å². The lowest BCUT2D eigenvalue weighted by Crippen LogP contribution is -2.50. The number of pyridine rings is 1. The van der Waals surface area contributed by atoms with Gasteiger partial charge in [-0.15, -0.1) is 0 Å². The number of hydrogen-bond acceptors (Lipinski definition) is 6. The third kappa shape index (κ3) is 4.05. The third-order valence-electron chi connectivity index (χ3n) is 7.98. The number of fused-ring (bicyclic) bond motifs is 2. The van der Waals surface area contributed by atoms with E-state index in [0.29, 0.717) is 11.7 Å². The number of nitrogens with zero attached hydrogens (tertiary/aromatic N) is 3. The molecule has 0 atom stereocenters. The highest BCUT2D eigenvalue weighted by atomic mass is 32.2. The summed E-state index contributed by atoms with van der Waals surface area (Å²) in [5.41, 5.74) is 2.18. The second kappa shape index (κ2) is 7.85. The Balaban J connectivity index is 1.27. The molecule has 4 fully saturated rings. The van der Waals surface area contributed by atoms with E-state index in [4.69, 9.17) is 4.98 Å². The molecule has 1 aromatic carbocycles. The normalized spacial score (nSPS) is 26.4. The van der Waals surface area contributed by atoms with Crippen LogP contribution in [-0.2, 0) is 9.59 Å². The molecule has 0 bridgehead atoms. The van der Waals surface area contributed by atoms with Crippen molar-refractivity contribution in [1.82, 2.24) is 14.6 Å². The Morgan fingerprint density at radius 2 is 1.82 bits per heavy atom. The molecule has 7 nitrogen and oxygen atoms in total. The topological polar surface area (TPSA) is 77.6 Å². The fraction of sp³-hybridized carbons (Fsp3) is 0.577. The molecule has 8 heteroatoms. The predicted molar refractivity (Wildman–Crippen MR) is 136 cm³/mol. The Morgan fingerprint density at radius 1 is 1.12 bits per heavy atom. The number of carbonyl (C=O) groups excluding carboxylic acids is 2. The van der Waals surface area contributed by atoms with Crippen LogP contribution in [0.5, 0.6) is 0 Å². The maximum atomic E-state index is 12.6. The van der Waals surface area contributed by atoms with Crippen LogP contribution in [-0.4, -0.2) is 53.4 Å². The largest absolute Gasteiger partial charge is 0.367 e. The van der Waals surface area contributed by atoms with E-state index in [-0.39, 0.29) is 28.7 Å². The van der Waals surface area contributed by atoms with Gasteiger partial charge in [0.1, 0.15) is 5.82 Å². The van der Waals surface area contributed by atoms with Gasteiger partial charge in [0.25, 0.3) is 0 Å². The van der Waals surface area contributed by atoms with E-state index >= 15 is 0 Å². The molecule has 3 saturated carbocycles. The van der Waals surface area contributed by atoms with Crippen molar-refractivity contribution in [3.8, 4) is 0 Å². The Bertz CT molecular complexity index is 1160. The molecule has 180 valence electrons. The zero-order chi connectivity index (χ0) is 23.7. The third-order valence-corrected chi connectivity index (χ3v) is 9.04. The predicted octanol–water partition coefficient (Wildman–Crippen LogP) is 4.04.